The smallest absolute Gasteiger partial charge is 0.177 e. The second kappa shape index (κ2) is 6.19. The monoisotopic (exact) mass is 324 g/mol. The number of halogens is 1. The summed E-state index contributed by atoms with van der Waals surface area (Å²) in [6.45, 7) is 1.77. The Labute approximate surface area is 138 Å². The van der Waals surface area contributed by atoms with Crippen molar-refractivity contribution < 1.29 is 4.79 Å². The fourth-order valence-corrected chi connectivity index (χ4v) is 2.51. The molecular formula is C17H13ClN4O. The zero-order valence-corrected chi connectivity index (χ0v) is 13.2. The van der Waals surface area contributed by atoms with E-state index in [0.717, 1.165) is 10.9 Å². The highest BCUT2D eigenvalue weighted by molar-refractivity contribution is 6.31. The number of aromatic nitrogens is 3. The summed E-state index contributed by atoms with van der Waals surface area (Å²) in [4.78, 5) is 16.9. The molecule has 0 spiro atoms. The molecule has 0 fully saturated rings. The first-order valence-electron chi connectivity index (χ1n) is 7.06. The summed E-state index contributed by atoms with van der Waals surface area (Å²) in [5, 5.41) is 14.9. The summed E-state index contributed by atoms with van der Waals surface area (Å²) in [6.07, 6.45) is 1.49. The van der Waals surface area contributed by atoms with Gasteiger partial charge in [0, 0.05) is 5.39 Å². The number of carbonyl (C=O) groups excluding carboxylic acids is 1. The first kappa shape index (κ1) is 15.2. The van der Waals surface area contributed by atoms with Crippen LogP contribution in [0.4, 0.5) is 0 Å². The van der Waals surface area contributed by atoms with Crippen molar-refractivity contribution in [2.24, 2.45) is 0 Å². The normalized spacial score (nSPS) is 12.0. The van der Waals surface area contributed by atoms with E-state index < -0.39 is 5.92 Å². The topological polar surface area (TPSA) is 71.6 Å². The first-order chi connectivity index (χ1) is 11.1. The van der Waals surface area contributed by atoms with Gasteiger partial charge in [0.15, 0.2) is 5.78 Å². The Morgan fingerprint density at radius 2 is 2.13 bits per heavy atom. The van der Waals surface area contributed by atoms with E-state index in [0.29, 0.717) is 16.4 Å². The minimum atomic E-state index is -0.929. The van der Waals surface area contributed by atoms with Gasteiger partial charge in [-0.15, -0.1) is 0 Å². The van der Waals surface area contributed by atoms with Crippen molar-refractivity contribution in [1.29, 1.82) is 5.26 Å². The molecule has 0 saturated heterocycles. The standard InChI is InChI=1S/C17H13ClN4O/c1-11-14(18)9-20-22(11)10-17(23)13(8-19)16-7-6-12-4-2-3-5-15(12)21-16/h2-7,9,13H,10H2,1H3. The highest BCUT2D eigenvalue weighted by Gasteiger charge is 2.23. The van der Waals surface area contributed by atoms with Gasteiger partial charge < -0.3 is 0 Å². The van der Waals surface area contributed by atoms with E-state index in [-0.39, 0.29) is 12.3 Å². The zero-order chi connectivity index (χ0) is 16.4. The van der Waals surface area contributed by atoms with Crippen LogP contribution in [0.2, 0.25) is 5.02 Å². The number of benzene rings is 1. The van der Waals surface area contributed by atoms with Gasteiger partial charge in [-0.1, -0.05) is 35.9 Å². The minimum absolute atomic E-state index is 0.00864. The van der Waals surface area contributed by atoms with Gasteiger partial charge >= 0.3 is 0 Å². The predicted molar refractivity (Wildman–Crippen MR) is 87.1 cm³/mol. The molecule has 3 rings (SSSR count). The number of hydrogen-bond acceptors (Lipinski definition) is 4. The van der Waals surface area contributed by atoms with Gasteiger partial charge in [0.25, 0.3) is 0 Å². The van der Waals surface area contributed by atoms with E-state index in [4.69, 9.17) is 11.6 Å². The number of ketones is 1. The average molecular weight is 325 g/mol. The van der Waals surface area contributed by atoms with Gasteiger partial charge in [0.05, 0.1) is 34.2 Å². The largest absolute Gasteiger partial charge is 0.296 e. The molecule has 1 atom stereocenters. The summed E-state index contributed by atoms with van der Waals surface area (Å²) >= 11 is 5.94. The van der Waals surface area contributed by atoms with Crippen LogP contribution in [0.1, 0.15) is 17.3 Å². The lowest BCUT2D eigenvalue weighted by molar-refractivity contribution is -0.120. The summed E-state index contributed by atoms with van der Waals surface area (Å²) in [5.74, 6) is -1.19. The molecule has 5 nitrogen and oxygen atoms in total. The van der Waals surface area contributed by atoms with Gasteiger partial charge in [-0.25, -0.2) is 0 Å². The number of nitrogens with zero attached hydrogens (tertiary/aromatic N) is 4. The SMILES string of the molecule is Cc1c(Cl)cnn1CC(=O)C(C#N)c1ccc2ccccc2n1. The van der Waals surface area contributed by atoms with E-state index in [1.807, 2.05) is 36.4 Å². The van der Waals surface area contributed by atoms with Crippen molar-refractivity contribution >= 4 is 28.3 Å². The maximum Gasteiger partial charge on any atom is 0.177 e. The van der Waals surface area contributed by atoms with E-state index >= 15 is 0 Å². The average Bonchev–Trinajstić information content (AvgIpc) is 2.87. The maximum absolute atomic E-state index is 12.5. The predicted octanol–water partition coefficient (Wildman–Crippen LogP) is 3.27. The molecule has 6 heteroatoms. The van der Waals surface area contributed by atoms with Gasteiger partial charge in [-0.05, 0) is 19.1 Å². The number of carbonyl (C=O) groups is 1. The third kappa shape index (κ3) is 2.94. The lowest BCUT2D eigenvalue weighted by Gasteiger charge is -2.10. The molecule has 0 amide bonds. The number of hydrogen-bond donors (Lipinski definition) is 0. The fraction of sp³-hybridized carbons (Fsp3) is 0.176. The minimum Gasteiger partial charge on any atom is -0.296 e. The van der Waals surface area contributed by atoms with Crippen LogP contribution in [-0.4, -0.2) is 20.5 Å². The van der Waals surface area contributed by atoms with Crippen LogP contribution in [0.15, 0.2) is 42.6 Å². The molecule has 2 aromatic heterocycles. The maximum atomic E-state index is 12.5. The fourth-order valence-electron chi connectivity index (χ4n) is 2.37. The summed E-state index contributed by atoms with van der Waals surface area (Å²) in [5.41, 5.74) is 1.91. The molecule has 0 aliphatic carbocycles. The molecule has 0 N–H and O–H groups in total. The number of nitriles is 1. The molecule has 2 heterocycles. The van der Waals surface area contributed by atoms with Crippen molar-refractivity contribution in [3.8, 4) is 6.07 Å². The van der Waals surface area contributed by atoms with Crippen molar-refractivity contribution in [1.82, 2.24) is 14.8 Å². The van der Waals surface area contributed by atoms with Crippen LogP contribution in [0.25, 0.3) is 10.9 Å². The Hall–Kier alpha value is -2.71. The van der Waals surface area contributed by atoms with Gasteiger partial charge in [0.2, 0.25) is 0 Å². The van der Waals surface area contributed by atoms with Crippen molar-refractivity contribution in [2.75, 3.05) is 0 Å². The van der Waals surface area contributed by atoms with E-state index in [9.17, 15) is 10.1 Å². The van der Waals surface area contributed by atoms with Crippen molar-refractivity contribution in [2.45, 2.75) is 19.4 Å². The Morgan fingerprint density at radius 1 is 1.35 bits per heavy atom. The molecule has 114 valence electrons. The number of fused-ring (bicyclic) bond motifs is 1. The third-order valence-corrected chi connectivity index (χ3v) is 4.09. The van der Waals surface area contributed by atoms with Crippen LogP contribution in [-0.2, 0) is 11.3 Å². The Balaban J connectivity index is 1.90. The quantitative estimate of drug-likeness (QED) is 0.738. The molecule has 1 unspecified atom stereocenters. The van der Waals surface area contributed by atoms with E-state index in [1.54, 1.807) is 13.0 Å². The van der Waals surface area contributed by atoms with Crippen molar-refractivity contribution in [3.05, 3.63) is 59.0 Å². The Kier molecular flexibility index (Phi) is 4.09. The van der Waals surface area contributed by atoms with Crippen LogP contribution >= 0.6 is 11.6 Å². The van der Waals surface area contributed by atoms with Gasteiger partial charge in [0.1, 0.15) is 12.5 Å². The molecule has 1 aromatic carbocycles. The van der Waals surface area contributed by atoms with Gasteiger partial charge in [-0.3, -0.25) is 14.5 Å². The van der Waals surface area contributed by atoms with Crippen LogP contribution in [0.5, 0.6) is 0 Å². The van der Waals surface area contributed by atoms with Gasteiger partial charge in [-0.2, -0.15) is 10.4 Å². The second-order valence-corrected chi connectivity index (χ2v) is 5.60. The summed E-state index contributed by atoms with van der Waals surface area (Å²) < 4.78 is 1.50. The van der Waals surface area contributed by atoms with Crippen LogP contribution < -0.4 is 0 Å². The molecule has 3 aromatic rings. The van der Waals surface area contributed by atoms with Crippen LogP contribution in [0.3, 0.4) is 0 Å². The third-order valence-electron chi connectivity index (χ3n) is 3.72. The molecular weight excluding hydrogens is 312 g/mol. The summed E-state index contributed by atoms with van der Waals surface area (Å²) in [6, 6.07) is 13.2. The molecule has 0 aliphatic rings. The lowest BCUT2D eigenvalue weighted by atomic mass is 10.00. The number of pyridine rings is 1. The lowest BCUT2D eigenvalue weighted by Crippen LogP contribution is -2.20. The molecule has 0 aliphatic heterocycles. The van der Waals surface area contributed by atoms with E-state index in [2.05, 4.69) is 10.1 Å². The Morgan fingerprint density at radius 3 is 2.83 bits per heavy atom. The van der Waals surface area contributed by atoms with E-state index in [1.165, 1.54) is 10.9 Å². The highest BCUT2D eigenvalue weighted by Crippen LogP contribution is 2.20. The molecule has 0 radical (unpaired) electrons. The molecule has 0 bridgehead atoms. The van der Waals surface area contributed by atoms with Crippen LogP contribution in [0, 0.1) is 18.3 Å². The van der Waals surface area contributed by atoms with Crippen molar-refractivity contribution in [3.63, 3.8) is 0 Å². The number of rotatable bonds is 4. The highest BCUT2D eigenvalue weighted by atomic mass is 35.5. The summed E-state index contributed by atoms with van der Waals surface area (Å²) in [7, 11) is 0. The zero-order valence-electron chi connectivity index (χ0n) is 12.4. The molecule has 23 heavy (non-hydrogen) atoms. The Bertz CT molecular complexity index is 926. The number of Topliss-reactive ketones (excluding diaryl/α,β-unsaturated/α-hetero) is 1. The second-order valence-electron chi connectivity index (χ2n) is 5.19. The first-order valence-corrected chi connectivity index (χ1v) is 7.44. The number of para-hydroxylation sites is 1. The molecule has 0 saturated carbocycles.